The second-order valence-corrected chi connectivity index (χ2v) is 7.90. The minimum Gasteiger partial charge on any atom is -0.352 e. The molecule has 0 heterocycles. The first-order valence-corrected chi connectivity index (χ1v) is 10.6. The summed E-state index contributed by atoms with van der Waals surface area (Å²) in [6.07, 6.45) is 4.32. The average Bonchev–Trinajstić information content (AvgIpc) is 3.28. The van der Waals surface area contributed by atoms with Crippen molar-refractivity contribution >= 4 is 35.0 Å². The van der Waals surface area contributed by atoms with Gasteiger partial charge in [-0.15, -0.1) is 0 Å². The molecule has 7 heteroatoms. The molecule has 1 saturated carbocycles. The van der Waals surface area contributed by atoms with Gasteiger partial charge in [-0.3, -0.25) is 14.4 Å². The molecule has 2 aromatic carbocycles. The van der Waals surface area contributed by atoms with Crippen LogP contribution < -0.4 is 16.0 Å². The fourth-order valence-electron chi connectivity index (χ4n) is 3.47. The molecule has 0 atom stereocenters. The number of carbonyl (C=O) groups excluding carboxylic acids is 3. The van der Waals surface area contributed by atoms with Crippen LogP contribution >= 0.6 is 11.6 Å². The van der Waals surface area contributed by atoms with Crippen molar-refractivity contribution in [1.29, 1.82) is 0 Å². The number of anilines is 1. The van der Waals surface area contributed by atoms with Crippen LogP contribution in [-0.4, -0.2) is 24.3 Å². The van der Waals surface area contributed by atoms with Crippen LogP contribution in [0.15, 0.2) is 48.5 Å². The molecule has 2 aromatic rings. The molecule has 6 nitrogen and oxygen atoms in total. The second kappa shape index (κ2) is 10.8. The lowest BCUT2D eigenvalue weighted by Crippen LogP contribution is -2.30. The summed E-state index contributed by atoms with van der Waals surface area (Å²) in [5.74, 6) is -0.224. The number of amides is 3. The van der Waals surface area contributed by atoms with E-state index in [1.54, 1.807) is 24.3 Å². The maximum Gasteiger partial charge on any atom is 0.251 e. The number of carbonyl (C=O) groups is 3. The number of benzene rings is 2. The summed E-state index contributed by atoms with van der Waals surface area (Å²) >= 11 is 5.81. The Morgan fingerprint density at radius 1 is 0.967 bits per heavy atom. The van der Waals surface area contributed by atoms with E-state index in [0.717, 1.165) is 36.9 Å². The largest absolute Gasteiger partial charge is 0.352 e. The highest BCUT2D eigenvalue weighted by atomic mass is 35.5. The number of nitrogens with one attached hydrogen (secondary N) is 3. The molecule has 3 rings (SSSR count). The highest BCUT2D eigenvalue weighted by molar-refractivity contribution is 6.30. The quantitative estimate of drug-likeness (QED) is 0.597. The molecule has 0 aliphatic heterocycles. The first-order valence-electron chi connectivity index (χ1n) is 10.2. The predicted octanol–water partition coefficient (Wildman–Crippen LogP) is 3.91. The van der Waals surface area contributed by atoms with E-state index in [1.165, 1.54) is 0 Å². The molecule has 1 fully saturated rings. The molecule has 0 saturated heterocycles. The van der Waals surface area contributed by atoms with Gasteiger partial charge in [-0.1, -0.05) is 36.6 Å². The molecule has 30 heavy (non-hydrogen) atoms. The van der Waals surface area contributed by atoms with Gasteiger partial charge in [0.25, 0.3) is 5.91 Å². The Labute approximate surface area is 181 Å². The summed E-state index contributed by atoms with van der Waals surface area (Å²) in [5, 5.41) is 9.08. The zero-order chi connectivity index (χ0) is 21.3. The standard InChI is InChI=1S/C23H26ClN3O3/c24-19-10-8-18(9-11-19)22(29)25-13-12-21(28)26-15-16-4-3-7-20(14-16)27-23(30)17-5-1-2-6-17/h3-4,7-11,14,17H,1-2,5-6,12-13,15H2,(H,25,29)(H,26,28)(H,27,30). The van der Waals surface area contributed by atoms with E-state index >= 15 is 0 Å². The topological polar surface area (TPSA) is 87.3 Å². The van der Waals surface area contributed by atoms with Gasteiger partial charge in [-0.2, -0.15) is 0 Å². The summed E-state index contributed by atoms with van der Waals surface area (Å²) in [7, 11) is 0. The Hall–Kier alpha value is -2.86. The average molecular weight is 428 g/mol. The second-order valence-electron chi connectivity index (χ2n) is 7.46. The summed E-state index contributed by atoms with van der Waals surface area (Å²) < 4.78 is 0. The Bertz CT molecular complexity index is 893. The molecule has 3 amide bonds. The van der Waals surface area contributed by atoms with E-state index in [4.69, 9.17) is 11.6 Å². The maximum absolute atomic E-state index is 12.3. The fraction of sp³-hybridized carbons (Fsp3) is 0.348. The molecule has 1 aliphatic carbocycles. The zero-order valence-corrected chi connectivity index (χ0v) is 17.5. The van der Waals surface area contributed by atoms with Crippen LogP contribution in [0.4, 0.5) is 5.69 Å². The van der Waals surface area contributed by atoms with Crippen LogP contribution in [0.2, 0.25) is 5.02 Å². The Balaban J connectivity index is 1.39. The van der Waals surface area contributed by atoms with Crippen LogP contribution in [0, 0.1) is 5.92 Å². The van der Waals surface area contributed by atoms with Crippen molar-refractivity contribution < 1.29 is 14.4 Å². The Kier molecular flexibility index (Phi) is 7.85. The van der Waals surface area contributed by atoms with Gasteiger partial charge in [-0.05, 0) is 54.8 Å². The van der Waals surface area contributed by atoms with Crippen LogP contribution in [-0.2, 0) is 16.1 Å². The summed E-state index contributed by atoms with van der Waals surface area (Å²) in [6, 6.07) is 14.0. The number of hydrogen-bond donors (Lipinski definition) is 3. The van der Waals surface area contributed by atoms with E-state index < -0.39 is 0 Å². The van der Waals surface area contributed by atoms with Crippen LogP contribution in [0.25, 0.3) is 0 Å². The van der Waals surface area contributed by atoms with Crippen molar-refractivity contribution in [2.24, 2.45) is 5.92 Å². The van der Waals surface area contributed by atoms with Crippen molar-refractivity contribution in [1.82, 2.24) is 10.6 Å². The molecule has 0 bridgehead atoms. The molecule has 0 spiro atoms. The molecular weight excluding hydrogens is 402 g/mol. The third-order valence-corrected chi connectivity index (χ3v) is 5.41. The number of rotatable bonds is 8. The van der Waals surface area contributed by atoms with Gasteiger partial charge in [0.15, 0.2) is 0 Å². The maximum atomic E-state index is 12.3. The van der Waals surface area contributed by atoms with E-state index in [1.807, 2.05) is 24.3 Å². The van der Waals surface area contributed by atoms with Gasteiger partial charge < -0.3 is 16.0 Å². The van der Waals surface area contributed by atoms with E-state index in [9.17, 15) is 14.4 Å². The number of hydrogen-bond acceptors (Lipinski definition) is 3. The Morgan fingerprint density at radius 3 is 2.43 bits per heavy atom. The summed E-state index contributed by atoms with van der Waals surface area (Å²) in [5.41, 5.74) is 2.14. The van der Waals surface area contributed by atoms with E-state index in [-0.39, 0.29) is 36.6 Å². The van der Waals surface area contributed by atoms with Crippen molar-refractivity contribution in [3.05, 3.63) is 64.7 Å². The first-order chi connectivity index (χ1) is 14.5. The van der Waals surface area contributed by atoms with Crippen LogP contribution in [0.1, 0.15) is 48.0 Å². The highest BCUT2D eigenvalue weighted by Gasteiger charge is 2.22. The molecule has 1 aliphatic rings. The van der Waals surface area contributed by atoms with Gasteiger partial charge in [0.05, 0.1) is 0 Å². The van der Waals surface area contributed by atoms with Gasteiger partial charge in [0.1, 0.15) is 0 Å². The smallest absolute Gasteiger partial charge is 0.251 e. The monoisotopic (exact) mass is 427 g/mol. The molecule has 0 radical (unpaired) electrons. The van der Waals surface area contributed by atoms with Crippen molar-refractivity contribution in [3.63, 3.8) is 0 Å². The van der Waals surface area contributed by atoms with E-state index in [2.05, 4.69) is 16.0 Å². The lowest BCUT2D eigenvalue weighted by Gasteiger charge is -2.12. The number of halogens is 1. The van der Waals surface area contributed by atoms with Gasteiger partial charge >= 0.3 is 0 Å². The minimum absolute atomic E-state index is 0.0742. The van der Waals surface area contributed by atoms with Crippen molar-refractivity contribution in [2.45, 2.75) is 38.6 Å². The molecule has 0 unspecified atom stereocenters. The summed E-state index contributed by atoms with van der Waals surface area (Å²) in [6.45, 7) is 0.599. The predicted molar refractivity (Wildman–Crippen MR) is 117 cm³/mol. The van der Waals surface area contributed by atoms with Crippen molar-refractivity contribution in [2.75, 3.05) is 11.9 Å². The lowest BCUT2D eigenvalue weighted by molar-refractivity contribution is -0.121. The third kappa shape index (κ3) is 6.59. The highest BCUT2D eigenvalue weighted by Crippen LogP contribution is 2.26. The van der Waals surface area contributed by atoms with Crippen LogP contribution in [0.5, 0.6) is 0 Å². The normalized spacial score (nSPS) is 13.6. The van der Waals surface area contributed by atoms with Gasteiger partial charge in [-0.25, -0.2) is 0 Å². The zero-order valence-electron chi connectivity index (χ0n) is 16.7. The molecule has 3 N–H and O–H groups in total. The van der Waals surface area contributed by atoms with Crippen molar-refractivity contribution in [3.8, 4) is 0 Å². The molecule has 0 aromatic heterocycles. The first kappa shape index (κ1) is 21.8. The molecule has 158 valence electrons. The molecular formula is C23H26ClN3O3. The van der Waals surface area contributed by atoms with E-state index in [0.29, 0.717) is 17.1 Å². The van der Waals surface area contributed by atoms with Gasteiger partial charge in [0.2, 0.25) is 11.8 Å². The SMILES string of the molecule is O=C(CCNC(=O)c1ccc(Cl)cc1)NCc1cccc(NC(=O)C2CCCC2)c1. The van der Waals surface area contributed by atoms with Crippen LogP contribution in [0.3, 0.4) is 0 Å². The van der Waals surface area contributed by atoms with Gasteiger partial charge in [0, 0.05) is 41.7 Å². The minimum atomic E-state index is -0.245. The Morgan fingerprint density at radius 2 is 1.70 bits per heavy atom. The third-order valence-electron chi connectivity index (χ3n) is 5.15. The fourth-order valence-corrected chi connectivity index (χ4v) is 3.60. The lowest BCUT2D eigenvalue weighted by atomic mass is 10.1. The summed E-state index contributed by atoms with van der Waals surface area (Å²) in [4.78, 5) is 36.3.